The Kier molecular flexibility index (Phi) is 3.69. The summed E-state index contributed by atoms with van der Waals surface area (Å²) in [5.74, 6) is 0.192. The minimum Gasteiger partial charge on any atom is -0.469 e. The molecule has 0 aromatic heterocycles. The average Bonchev–Trinajstić information content (AvgIpc) is 2.02. The van der Waals surface area contributed by atoms with Gasteiger partial charge < -0.3 is 15.2 Å². The molecule has 1 aliphatic rings. The van der Waals surface area contributed by atoms with Crippen molar-refractivity contribution in [2.45, 2.75) is 31.4 Å². The van der Waals surface area contributed by atoms with Crippen LogP contribution in [0.5, 0.6) is 0 Å². The molecule has 0 aliphatic heterocycles. The lowest BCUT2D eigenvalue weighted by Gasteiger charge is -2.37. The quantitative estimate of drug-likeness (QED) is 0.643. The van der Waals surface area contributed by atoms with Crippen LogP contribution in [0.3, 0.4) is 0 Å². The molecule has 0 aromatic rings. The molecule has 0 saturated heterocycles. The maximum absolute atomic E-state index is 10.9. The van der Waals surface area contributed by atoms with E-state index >= 15 is 0 Å². The van der Waals surface area contributed by atoms with Crippen molar-refractivity contribution in [2.24, 2.45) is 11.7 Å². The van der Waals surface area contributed by atoms with Crippen molar-refractivity contribution in [3.05, 3.63) is 0 Å². The Bertz CT molecular complexity index is 178. The first kappa shape index (κ1) is 10.5. The Hall–Kier alpha value is -0.610. The number of carbonyl (C=O) groups is 1. The van der Waals surface area contributed by atoms with Gasteiger partial charge in [-0.1, -0.05) is 0 Å². The Morgan fingerprint density at radius 3 is 2.62 bits per heavy atom. The molecular weight excluding hydrogens is 170 g/mol. The molecule has 13 heavy (non-hydrogen) atoms. The van der Waals surface area contributed by atoms with Crippen LogP contribution in [0.2, 0.25) is 0 Å². The predicted octanol–water partition coefficient (Wildman–Crippen LogP) is 0.302. The molecule has 1 atom stereocenters. The van der Waals surface area contributed by atoms with Crippen molar-refractivity contribution in [3.8, 4) is 0 Å². The summed E-state index contributed by atoms with van der Waals surface area (Å²) < 4.78 is 9.67. The topological polar surface area (TPSA) is 61.5 Å². The van der Waals surface area contributed by atoms with E-state index in [0.29, 0.717) is 18.4 Å². The van der Waals surface area contributed by atoms with Gasteiger partial charge in [0.05, 0.1) is 19.6 Å². The highest BCUT2D eigenvalue weighted by Crippen LogP contribution is 2.32. The van der Waals surface area contributed by atoms with Gasteiger partial charge in [0.25, 0.3) is 0 Å². The first-order valence-corrected chi connectivity index (χ1v) is 4.52. The Balaban J connectivity index is 2.19. The zero-order valence-corrected chi connectivity index (χ0v) is 8.16. The van der Waals surface area contributed by atoms with Crippen LogP contribution in [0.15, 0.2) is 0 Å². The minimum absolute atomic E-state index is 0.0705. The minimum atomic E-state index is -0.228. The highest BCUT2D eigenvalue weighted by atomic mass is 16.5. The van der Waals surface area contributed by atoms with Gasteiger partial charge in [0.1, 0.15) is 0 Å². The van der Waals surface area contributed by atoms with Gasteiger partial charge in [0, 0.05) is 13.2 Å². The van der Waals surface area contributed by atoms with E-state index in [1.54, 1.807) is 7.11 Å². The normalized spacial score (nSPS) is 29.2. The third kappa shape index (κ3) is 2.67. The third-order valence-electron chi connectivity index (χ3n) is 2.70. The number of ether oxygens (including phenoxy) is 2. The summed E-state index contributed by atoms with van der Waals surface area (Å²) in [6.45, 7) is 0. The van der Waals surface area contributed by atoms with Crippen LogP contribution in [-0.2, 0) is 14.3 Å². The number of esters is 1. The number of methoxy groups -OCH3 is 2. The van der Waals surface area contributed by atoms with Gasteiger partial charge in [0.2, 0.25) is 0 Å². The van der Waals surface area contributed by atoms with Crippen LogP contribution in [-0.4, -0.2) is 32.3 Å². The Morgan fingerprint density at radius 1 is 1.54 bits per heavy atom. The van der Waals surface area contributed by atoms with Crippen LogP contribution in [0.4, 0.5) is 0 Å². The maximum atomic E-state index is 10.9. The highest BCUT2D eigenvalue weighted by Gasteiger charge is 2.34. The molecule has 4 heteroatoms. The molecule has 4 nitrogen and oxygen atoms in total. The summed E-state index contributed by atoms with van der Waals surface area (Å²) in [6.07, 6.45) is 2.59. The van der Waals surface area contributed by atoms with E-state index in [1.807, 2.05) is 0 Å². The van der Waals surface area contributed by atoms with E-state index < -0.39 is 0 Å². The fraction of sp³-hybridized carbons (Fsp3) is 0.889. The number of nitrogens with two attached hydrogens (primary N) is 1. The lowest BCUT2D eigenvalue weighted by molar-refractivity contribution is -0.141. The summed E-state index contributed by atoms with van der Waals surface area (Å²) >= 11 is 0. The molecule has 1 rings (SSSR count). The molecule has 0 aromatic carbocycles. The van der Waals surface area contributed by atoms with Crippen molar-refractivity contribution in [3.63, 3.8) is 0 Å². The number of hydrogen-bond donors (Lipinski definition) is 1. The van der Waals surface area contributed by atoms with E-state index in [4.69, 9.17) is 10.5 Å². The largest absolute Gasteiger partial charge is 0.469 e. The predicted molar refractivity (Wildman–Crippen MR) is 48.1 cm³/mol. The third-order valence-corrected chi connectivity index (χ3v) is 2.70. The van der Waals surface area contributed by atoms with E-state index in [2.05, 4.69) is 4.74 Å². The number of hydrogen-bond acceptors (Lipinski definition) is 4. The van der Waals surface area contributed by atoms with Gasteiger partial charge >= 0.3 is 5.97 Å². The van der Waals surface area contributed by atoms with Crippen LogP contribution in [0.1, 0.15) is 19.3 Å². The van der Waals surface area contributed by atoms with Gasteiger partial charge in [-0.25, -0.2) is 0 Å². The van der Waals surface area contributed by atoms with Crippen LogP contribution < -0.4 is 5.73 Å². The van der Waals surface area contributed by atoms with E-state index in [0.717, 1.165) is 12.8 Å². The molecule has 1 saturated carbocycles. The monoisotopic (exact) mass is 187 g/mol. The molecule has 0 bridgehead atoms. The van der Waals surface area contributed by atoms with E-state index in [9.17, 15) is 4.79 Å². The second-order valence-corrected chi connectivity index (χ2v) is 3.53. The molecule has 1 aliphatic carbocycles. The molecule has 0 spiro atoms. The number of carbonyl (C=O) groups excluding carboxylic acids is 1. The first-order chi connectivity index (χ1) is 6.17. The molecule has 0 amide bonds. The standard InChI is InChI=1S/C9H17NO3/c1-12-7-3-6(4-7)8(10)5-9(11)13-2/h6-8H,3-5,10H2,1-2H3/t6?,7?,8-/m1/s1. The van der Waals surface area contributed by atoms with Crippen molar-refractivity contribution in [1.29, 1.82) is 0 Å². The summed E-state index contributed by atoms with van der Waals surface area (Å²) in [6, 6.07) is -0.0705. The van der Waals surface area contributed by atoms with Crippen LogP contribution >= 0.6 is 0 Å². The summed E-state index contributed by atoms with van der Waals surface area (Å²) in [5, 5.41) is 0. The molecule has 2 N–H and O–H groups in total. The highest BCUT2D eigenvalue weighted by molar-refractivity contribution is 5.69. The van der Waals surface area contributed by atoms with Crippen molar-refractivity contribution < 1.29 is 14.3 Å². The fourth-order valence-corrected chi connectivity index (χ4v) is 1.59. The van der Waals surface area contributed by atoms with E-state index in [1.165, 1.54) is 7.11 Å². The molecule has 1 fully saturated rings. The zero-order valence-electron chi connectivity index (χ0n) is 8.16. The summed E-state index contributed by atoms with van der Waals surface area (Å²) in [4.78, 5) is 10.9. The Labute approximate surface area is 78.4 Å². The van der Waals surface area contributed by atoms with Gasteiger partial charge in [0.15, 0.2) is 0 Å². The van der Waals surface area contributed by atoms with Crippen molar-refractivity contribution >= 4 is 5.97 Å². The zero-order chi connectivity index (χ0) is 9.84. The smallest absolute Gasteiger partial charge is 0.307 e. The molecule has 0 radical (unpaired) electrons. The summed E-state index contributed by atoms with van der Waals surface area (Å²) in [7, 11) is 3.08. The number of rotatable bonds is 4. The lowest BCUT2D eigenvalue weighted by Crippen LogP contribution is -2.43. The van der Waals surface area contributed by atoms with Crippen LogP contribution in [0, 0.1) is 5.92 Å². The molecular formula is C9H17NO3. The van der Waals surface area contributed by atoms with Crippen molar-refractivity contribution in [2.75, 3.05) is 14.2 Å². The van der Waals surface area contributed by atoms with Gasteiger partial charge in [-0.05, 0) is 18.8 Å². The summed E-state index contributed by atoms with van der Waals surface area (Å²) in [5.41, 5.74) is 5.82. The second kappa shape index (κ2) is 4.58. The van der Waals surface area contributed by atoms with Crippen molar-refractivity contribution in [1.82, 2.24) is 0 Å². The Morgan fingerprint density at radius 2 is 2.15 bits per heavy atom. The van der Waals surface area contributed by atoms with Gasteiger partial charge in [-0.15, -0.1) is 0 Å². The average molecular weight is 187 g/mol. The second-order valence-electron chi connectivity index (χ2n) is 3.53. The first-order valence-electron chi connectivity index (χ1n) is 4.52. The maximum Gasteiger partial charge on any atom is 0.307 e. The molecule has 76 valence electrons. The van der Waals surface area contributed by atoms with Gasteiger partial charge in [-0.3, -0.25) is 4.79 Å². The van der Waals surface area contributed by atoms with Crippen LogP contribution in [0.25, 0.3) is 0 Å². The lowest BCUT2D eigenvalue weighted by atomic mass is 9.76. The molecule has 0 heterocycles. The fourth-order valence-electron chi connectivity index (χ4n) is 1.59. The van der Waals surface area contributed by atoms with E-state index in [-0.39, 0.29) is 12.0 Å². The molecule has 0 unspecified atom stereocenters. The SMILES string of the molecule is COC(=O)C[C@@H](N)C1CC(OC)C1. The van der Waals surface area contributed by atoms with Gasteiger partial charge in [-0.2, -0.15) is 0 Å².